The van der Waals surface area contributed by atoms with Crippen molar-refractivity contribution < 1.29 is 4.65 Å². The maximum atomic E-state index is 13.7. The Labute approximate surface area is 132 Å². The Kier molecular flexibility index (Phi) is 2.47. The van der Waals surface area contributed by atoms with E-state index in [1.54, 1.807) is 0 Å². The van der Waals surface area contributed by atoms with Crippen LogP contribution in [-0.4, -0.2) is 29.3 Å². The molecule has 0 amide bonds. The molecule has 3 nitrogen and oxygen atoms in total. The molecule has 0 aromatic heterocycles. The molecule has 3 heteroatoms. The molecule has 5 rings (SSSR count). The van der Waals surface area contributed by atoms with Crippen LogP contribution in [0.2, 0.25) is 0 Å². The summed E-state index contributed by atoms with van der Waals surface area (Å²) in [6.07, 6.45) is 7.11. The highest BCUT2D eigenvalue weighted by molar-refractivity contribution is 5.63. The molecule has 1 unspecified atom stereocenters. The molecule has 1 aromatic rings. The molecule has 118 valence electrons. The van der Waals surface area contributed by atoms with Crippen molar-refractivity contribution in [3.63, 3.8) is 0 Å². The van der Waals surface area contributed by atoms with Crippen molar-refractivity contribution in [3.8, 4) is 0 Å². The van der Waals surface area contributed by atoms with Crippen molar-refractivity contribution in [1.82, 2.24) is 0 Å². The van der Waals surface area contributed by atoms with E-state index in [9.17, 15) is 5.21 Å². The number of nitrogens with one attached hydrogen (secondary N) is 1. The van der Waals surface area contributed by atoms with Gasteiger partial charge in [-0.1, -0.05) is 25.1 Å². The van der Waals surface area contributed by atoms with Gasteiger partial charge < -0.3 is 15.2 Å². The summed E-state index contributed by atoms with van der Waals surface area (Å²) in [5.41, 5.74) is 3.20. The highest BCUT2D eigenvalue weighted by Crippen LogP contribution is 2.65. The van der Waals surface area contributed by atoms with E-state index in [0.29, 0.717) is 5.92 Å². The number of rotatable bonds is 1. The highest BCUT2D eigenvalue weighted by atomic mass is 16.5. The van der Waals surface area contributed by atoms with Crippen molar-refractivity contribution in [2.75, 3.05) is 18.4 Å². The minimum atomic E-state index is 0.0935. The predicted molar refractivity (Wildman–Crippen MR) is 88.5 cm³/mol. The third kappa shape index (κ3) is 1.40. The second-order valence-electron chi connectivity index (χ2n) is 8.26. The largest absolute Gasteiger partial charge is 0.633 e. The molecule has 3 fully saturated rings. The number of anilines is 1. The molecule has 1 N–H and O–H groups in total. The monoisotopic (exact) mass is 298 g/mol. The maximum Gasteiger partial charge on any atom is 0.104 e. The fourth-order valence-electron chi connectivity index (χ4n) is 6.62. The Morgan fingerprint density at radius 1 is 1.18 bits per heavy atom. The van der Waals surface area contributed by atoms with Crippen LogP contribution in [0.1, 0.15) is 56.9 Å². The first kappa shape index (κ1) is 13.4. The first-order chi connectivity index (χ1) is 10.6. The van der Waals surface area contributed by atoms with Crippen LogP contribution in [0.5, 0.6) is 0 Å². The molecule has 1 aromatic carbocycles. The van der Waals surface area contributed by atoms with Gasteiger partial charge in [-0.3, -0.25) is 0 Å². The smallest absolute Gasteiger partial charge is 0.104 e. The number of quaternary nitrogens is 1. The number of nitrogens with zero attached hydrogens (tertiary/aromatic N) is 1. The Balaban J connectivity index is 1.73. The molecule has 0 spiro atoms. The molecular weight excluding hydrogens is 272 g/mol. The standard InChI is InChI=1S/C19H26N2O/c1-2-18-8-5-12-21(22)13-11-19(10-9-18)16(17(18)21)14-6-3-4-7-15(14)20-19/h3-4,6-7,16-17,20H,2,5,8-13H2,1H3/t16-,17+,18+,19+,21?/m1/s1. The molecule has 3 aliphatic heterocycles. The maximum absolute atomic E-state index is 13.7. The Hall–Kier alpha value is -1.06. The van der Waals surface area contributed by atoms with E-state index < -0.39 is 0 Å². The van der Waals surface area contributed by atoms with E-state index in [0.717, 1.165) is 25.9 Å². The number of hydroxylamine groups is 3. The van der Waals surface area contributed by atoms with Crippen molar-refractivity contribution in [2.24, 2.45) is 5.41 Å². The van der Waals surface area contributed by atoms with Crippen LogP contribution in [0, 0.1) is 10.6 Å². The highest BCUT2D eigenvalue weighted by Gasteiger charge is 2.67. The minimum Gasteiger partial charge on any atom is -0.633 e. The first-order valence-electron chi connectivity index (χ1n) is 9.07. The number of hydrogen-bond donors (Lipinski definition) is 1. The Morgan fingerprint density at radius 3 is 2.91 bits per heavy atom. The van der Waals surface area contributed by atoms with Gasteiger partial charge in [-0.2, -0.15) is 0 Å². The van der Waals surface area contributed by atoms with Gasteiger partial charge in [-0.15, -0.1) is 0 Å². The van der Waals surface area contributed by atoms with E-state index in [1.807, 2.05) is 0 Å². The number of para-hydroxylation sites is 1. The fourth-order valence-corrected chi connectivity index (χ4v) is 6.62. The zero-order valence-corrected chi connectivity index (χ0v) is 13.5. The lowest BCUT2D eigenvalue weighted by Gasteiger charge is -2.69. The number of fused-ring (bicyclic) bond motifs is 1. The summed E-state index contributed by atoms with van der Waals surface area (Å²) in [4.78, 5) is 0. The van der Waals surface area contributed by atoms with Gasteiger partial charge >= 0.3 is 0 Å². The van der Waals surface area contributed by atoms with Gasteiger partial charge in [0.1, 0.15) is 6.04 Å². The quantitative estimate of drug-likeness (QED) is 0.628. The summed E-state index contributed by atoms with van der Waals surface area (Å²) in [6.45, 7) is 4.00. The summed E-state index contributed by atoms with van der Waals surface area (Å²) in [7, 11) is 0. The van der Waals surface area contributed by atoms with Crippen molar-refractivity contribution in [3.05, 3.63) is 35.0 Å². The molecule has 5 atom stereocenters. The van der Waals surface area contributed by atoms with Gasteiger partial charge in [0, 0.05) is 17.5 Å². The molecule has 2 saturated heterocycles. The van der Waals surface area contributed by atoms with E-state index in [2.05, 4.69) is 36.5 Å². The summed E-state index contributed by atoms with van der Waals surface area (Å²) < 4.78 is 0.0935. The lowest BCUT2D eigenvalue weighted by atomic mass is 9.51. The van der Waals surface area contributed by atoms with Gasteiger partial charge in [0.25, 0.3) is 0 Å². The summed E-state index contributed by atoms with van der Waals surface area (Å²) in [5.74, 6) is 0.434. The fraction of sp³-hybridized carbons (Fsp3) is 0.684. The second-order valence-corrected chi connectivity index (χ2v) is 8.26. The minimum absolute atomic E-state index is 0.0935. The summed E-state index contributed by atoms with van der Waals surface area (Å²) in [5, 5.41) is 17.6. The summed E-state index contributed by atoms with van der Waals surface area (Å²) in [6, 6.07) is 9.07. The van der Waals surface area contributed by atoms with Gasteiger partial charge in [0.15, 0.2) is 0 Å². The molecule has 2 bridgehead atoms. The predicted octanol–water partition coefficient (Wildman–Crippen LogP) is 4.01. The molecular formula is C19H26N2O. The van der Waals surface area contributed by atoms with Crippen LogP contribution < -0.4 is 5.32 Å². The zero-order chi connectivity index (χ0) is 15.0. The van der Waals surface area contributed by atoms with E-state index in [4.69, 9.17) is 0 Å². The summed E-state index contributed by atoms with van der Waals surface area (Å²) >= 11 is 0. The Bertz CT molecular complexity index is 632. The number of piperidine rings is 2. The SMILES string of the molecule is CC[C@]12CCC[N+]3([O-])CC[C@]4(CC1)Nc1ccccc1[C@@H]4[C@@H]23. The van der Waals surface area contributed by atoms with Crippen molar-refractivity contribution in [2.45, 2.75) is 62.9 Å². The number of hydrogen-bond acceptors (Lipinski definition) is 2. The van der Waals surface area contributed by atoms with Gasteiger partial charge in [0.05, 0.1) is 24.5 Å². The van der Waals surface area contributed by atoms with Crippen LogP contribution in [0.15, 0.2) is 24.3 Å². The average molecular weight is 298 g/mol. The normalized spacial score (nSPS) is 48.3. The lowest BCUT2D eigenvalue weighted by Crippen LogP contribution is -2.74. The molecule has 4 aliphatic rings. The number of benzene rings is 1. The lowest BCUT2D eigenvalue weighted by molar-refractivity contribution is -0.929. The van der Waals surface area contributed by atoms with E-state index >= 15 is 0 Å². The Morgan fingerprint density at radius 2 is 2.05 bits per heavy atom. The van der Waals surface area contributed by atoms with E-state index in [-0.39, 0.29) is 21.6 Å². The molecule has 0 radical (unpaired) electrons. The van der Waals surface area contributed by atoms with E-state index in [1.165, 1.54) is 36.9 Å². The van der Waals surface area contributed by atoms with Crippen LogP contribution in [0.3, 0.4) is 0 Å². The average Bonchev–Trinajstić information content (AvgIpc) is 2.89. The topological polar surface area (TPSA) is 35.1 Å². The van der Waals surface area contributed by atoms with Crippen molar-refractivity contribution in [1.29, 1.82) is 0 Å². The molecule has 3 heterocycles. The second kappa shape index (κ2) is 4.07. The first-order valence-corrected chi connectivity index (χ1v) is 9.07. The molecule has 1 saturated carbocycles. The van der Waals surface area contributed by atoms with Crippen LogP contribution >= 0.6 is 0 Å². The van der Waals surface area contributed by atoms with Crippen LogP contribution in [0.25, 0.3) is 0 Å². The van der Waals surface area contributed by atoms with Gasteiger partial charge in [-0.25, -0.2) is 0 Å². The van der Waals surface area contributed by atoms with Crippen molar-refractivity contribution >= 4 is 5.69 Å². The molecule has 1 aliphatic carbocycles. The molecule has 22 heavy (non-hydrogen) atoms. The third-order valence-corrected chi connectivity index (χ3v) is 7.65. The third-order valence-electron chi connectivity index (χ3n) is 7.65. The van der Waals surface area contributed by atoms with Gasteiger partial charge in [0.2, 0.25) is 0 Å². The van der Waals surface area contributed by atoms with Gasteiger partial charge in [-0.05, 0) is 43.7 Å². The van der Waals surface area contributed by atoms with Crippen LogP contribution in [-0.2, 0) is 0 Å². The zero-order valence-electron chi connectivity index (χ0n) is 13.5. The van der Waals surface area contributed by atoms with Crippen LogP contribution in [0.4, 0.5) is 5.69 Å².